The van der Waals surface area contributed by atoms with Crippen LogP contribution in [-0.2, 0) is 4.79 Å². The summed E-state index contributed by atoms with van der Waals surface area (Å²) in [6.45, 7) is 1.99. The van der Waals surface area contributed by atoms with Crippen LogP contribution < -0.4 is 4.90 Å². The number of rotatable bonds is 2. The van der Waals surface area contributed by atoms with E-state index >= 15 is 0 Å². The summed E-state index contributed by atoms with van der Waals surface area (Å²) in [5.74, 6) is -0.559. The van der Waals surface area contributed by atoms with Gasteiger partial charge in [-0.1, -0.05) is 29.8 Å². The third-order valence-corrected chi connectivity index (χ3v) is 7.54. The number of halogens is 2. The van der Waals surface area contributed by atoms with Crippen molar-refractivity contribution in [1.82, 2.24) is 4.90 Å². The van der Waals surface area contributed by atoms with Crippen LogP contribution in [-0.4, -0.2) is 33.9 Å². The molecule has 2 fully saturated rings. The molecule has 0 bridgehead atoms. The Labute approximate surface area is 185 Å². The van der Waals surface area contributed by atoms with Gasteiger partial charge >= 0.3 is 0 Å². The molecule has 3 aliphatic rings. The number of aliphatic hydroxyl groups is 1. The lowest BCUT2D eigenvalue weighted by Gasteiger charge is -2.40. The maximum absolute atomic E-state index is 13.5. The highest BCUT2D eigenvalue weighted by atomic mass is 35.5. The van der Waals surface area contributed by atoms with Gasteiger partial charge in [0.1, 0.15) is 5.82 Å². The first kappa shape index (κ1) is 20.5. The second-order valence-electron chi connectivity index (χ2n) is 9.01. The molecule has 1 saturated carbocycles. The fourth-order valence-corrected chi connectivity index (χ4v) is 6.02. The quantitative estimate of drug-likeness (QED) is 0.734. The maximum atomic E-state index is 13.5. The van der Waals surface area contributed by atoms with E-state index in [9.17, 15) is 19.1 Å². The molecule has 2 aromatic rings. The fraction of sp³-hybridized carbons (Fsp3) is 0.417. The molecule has 31 heavy (non-hydrogen) atoms. The molecule has 7 heteroatoms. The van der Waals surface area contributed by atoms with Crippen LogP contribution in [0.25, 0.3) is 0 Å². The van der Waals surface area contributed by atoms with Crippen molar-refractivity contribution in [1.29, 1.82) is 0 Å². The van der Waals surface area contributed by atoms with Gasteiger partial charge in [0, 0.05) is 23.2 Å². The van der Waals surface area contributed by atoms with E-state index in [1.54, 1.807) is 34.1 Å². The lowest BCUT2D eigenvalue weighted by molar-refractivity contribution is -0.128. The Morgan fingerprint density at radius 3 is 2.52 bits per heavy atom. The first-order valence-corrected chi connectivity index (χ1v) is 11.1. The number of benzene rings is 2. The molecule has 1 N–H and O–H groups in total. The highest BCUT2D eigenvalue weighted by Gasteiger charge is 2.53. The van der Waals surface area contributed by atoms with Crippen LogP contribution in [0.3, 0.4) is 0 Å². The van der Waals surface area contributed by atoms with Crippen molar-refractivity contribution in [2.45, 2.75) is 57.3 Å². The summed E-state index contributed by atoms with van der Waals surface area (Å²) in [4.78, 5) is 29.7. The van der Waals surface area contributed by atoms with E-state index in [-0.39, 0.29) is 28.9 Å². The van der Waals surface area contributed by atoms with Gasteiger partial charge in [-0.2, -0.15) is 0 Å². The number of fused-ring (bicyclic) bond motifs is 1. The van der Waals surface area contributed by atoms with Crippen molar-refractivity contribution in [3.05, 3.63) is 64.4 Å². The summed E-state index contributed by atoms with van der Waals surface area (Å²) in [7, 11) is 0. The Bertz CT molecular complexity index is 1070. The van der Waals surface area contributed by atoms with Crippen LogP contribution in [0.4, 0.5) is 10.1 Å². The zero-order valence-electron chi connectivity index (χ0n) is 17.2. The van der Waals surface area contributed by atoms with Gasteiger partial charge in [0.25, 0.3) is 5.91 Å². The highest BCUT2D eigenvalue weighted by molar-refractivity contribution is 6.34. The van der Waals surface area contributed by atoms with Crippen molar-refractivity contribution in [3.8, 4) is 0 Å². The molecule has 1 aliphatic carbocycles. The number of nitrogens with zero attached hydrogens (tertiary/aromatic N) is 2. The molecule has 2 amide bonds. The Morgan fingerprint density at radius 2 is 1.84 bits per heavy atom. The van der Waals surface area contributed by atoms with Gasteiger partial charge in [-0.15, -0.1) is 0 Å². The molecular weight excluding hydrogens is 419 g/mol. The molecule has 2 aliphatic heterocycles. The van der Waals surface area contributed by atoms with Crippen molar-refractivity contribution >= 4 is 29.1 Å². The highest BCUT2D eigenvalue weighted by Crippen LogP contribution is 2.51. The smallest absolute Gasteiger partial charge is 0.256 e. The molecule has 5 nitrogen and oxygen atoms in total. The van der Waals surface area contributed by atoms with Crippen molar-refractivity contribution in [2.24, 2.45) is 5.41 Å². The van der Waals surface area contributed by atoms with Crippen LogP contribution >= 0.6 is 11.6 Å². The van der Waals surface area contributed by atoms with E-state index in [1.807, 2.05) is 13.0 Å². The van der Waals surface area contributed by atoms with E-state index < -0.39 is 17.5 Å². The first-order chi connectivity index (χ1) is 14.8. The number of amides is 2. The largest absolute Gasteiger partial charge is 0.369 e. The lowest BCUT2D eigenvalue weighted by atomic mass is 9.70. The first-order valence-electron chi connectivity index (χ1n) is 10.7. The van der Waals surface area contributed by atoms with E-state index in [2.05, 4.69) is 0 Å². The monoisotopic (exact) mass is 442 g/mol. The summed E-state index contributed by atoms with van der Waals surface area (Å²) < 4.78 is 13.5. The summed E-state index contributed by atoms with van der Waals surface area (Å²) in [6, 6.07) is 11.1. The lowest BCUT2D eigenvalue weighted by Crippen LogP contribution is -2.45. The van der Waals surface area contributed by atoms with Crippen LogP contribution in [0.15, 0.2) is 42.5 Å². The van der Waals surface area contributed by atoms with Crippen LogP contribution in [0.1, 0.15) is 61.2 Å². The minimum Gasteiger partial charge on any atom is -0.369 e. The molecule has 2 aromatic carbocycles. The fourth-order valence-electron chi connectivity index (χ4n) is 5.76. The number of anilines is 1. The summed E-state index contributed by atoms with van der Waals surface area (Å²) >= 11 is 6.25. The average Bonchev–Trinajstić information content (AvgIpc) is 3.14. The van der Waals surface area contributed by atoms with Crippen LogP contribution in [0, 0.1) is 11.2 Å². The zero-order chi connectivity index (χ0) is 21.9. The molecule has 2 atom stereocenters. The Morgan fingerprint density at radius 1 is 1.13 bits per heavy atom. The van der Waals surface area contributed by atoms with E-state index in [4.69, 9.17) is 11.6 Å². The minimum absolute atomic E-state index is 0.0172. The van der Waals surface area contributed by atoms with E-state index in [0.29, 0.717) is 48.9 Å². The van der Waals surface area contributed by atoms with Gasteiger partial charge < -0.3 is 14.9 Å². The molecule has 0 radical (unpaired) electrons. The molecule has 2 unspecified atom stereocenters. The average molecular weight is 443 g/mol. The zero-order valence-corrected chi connectivity index (χ0v) is 18.0. The normalized spacial score (nSPS) is 30.4. The number of aliphatic hydroxyl groups excluding tert-OH is 1. The van der Waals surface area contributed by atoms with Crippen LogP contribution in [0.2, 0.25) is 5.02 Å². The SMILES string of the molecule is CC1C[C@]2(CC[C@@H](N3C(=O)c4ccccc4C3O)CC2)C(=O)N1c1ccc(F)cc1Cl. The predicted molar refractivity (Wildman–Crippen MR) is 115 cm³/mol. The predicted octanol–water partition coefficient (Wildman–Crippen LogP) is 4.68. The molecule has 1 saturated heterocycles. The van der Waals surface area contributed by atoms with Gasteiger partial charge in [-0.3, -0.25) is 9.59 Å². The molecule has 0 aromatic heterocycles. The second kappa shape index (κ2) is 7.31. The van der Waals surface area contributed by atoms with Gasteiger partial charge in [-0.25, -0.2) is 4.39 Å². The topological polar surface area (TPSA) is 60.9 Å². The van der Waals surface area contributed by atoms with Gasteiger partial charge in [0.05, 0.1) is 16.1 Å². The standard InChI is InChI=1S/C24H24ClFN2O3/c1-14-13-24(23(31)27(14)20-7-6-15(26)12-19(20)25)10-8-16(9-11-24)28-21(29)17-4-2-3-5-18(17)22(28)30/h2-7,12,14,16,21,29H,8-11,13H2,1H3/t14?,16-,21?,24-. The van der Waals surface area contributed by atoms with Gasteiger partial charge in [0.15, 0.2) is 6.23 Å². The number of hydrogen-bond acceptors (Lipinski definition) is 3. The van der Waals surface area contributed by atoms with Gasteiger partial charge in [0.2, 0.25) is 5.91 Å². The van der Waals surface area contributed by atoms with E-state index in [0.717, 1.165) is 0 Å². The maximum Gasteiger partial charge on any atom is 0.256 e. The molecule has 5 rings (SSSR count). The minimum atomic E-state index is -0.935. The molecule has 1 spiro atoms. The van der Waals surface area contributed by atoms with Crippen LogP contribution in [0.5, 0.6) is 0 Å². The summed E-state index contributed by atoms with van der Waals surface area (Å²) in [5, 5.41) is 11.0. The summed E-state index contributed by atoms with van der Waals surface area (Å²) in [5.41, 5.74) is 1.24. The molecule has 2 heterocycles. The summed E-state index contributed by atoms with van der Waals surface area (Å²) in [6.07, 6.45) is 2.35. The third kappa shape index (κ3) is 3.07. The third-order valence-electron chi connectivity index (χ3n) is 7.24. The molecular formula is C24H24ClFN2O3. The Kier molecular flexibility index (Phi) is 4.83. The number of carbonyl (C=O) groups is 2. The van der Waals surface area contributed by atoms with Crippen molar-refractivity contribution in [3.63, 3.8) is 0 Å². The van der Waals surface area contributed by atoms with Crippen molar-refractivity contribution < 1.29 is 19.1 Å². The Balaban J connectivity index is 1.34. The molecule has 162 valence electrons. The second-order valence-corrected chi connectivity index (χ2v) is 9.42. The van der Waals surface area contributed by atoms with E-state index in [1.165, 1.54) is 12.1 Å². The number of hydrogen-bond donors (Lipinski definition) is 1. The Hall–Kier alpha value is -2.44. The number of carbonyl (C=O) groups excluding carboxylic acids is 2. The van der Waals surface area contributed by atoms with Gasteiger partial charge in [-0.05, 0) is 63.3 Å². The van der Waals surface area contributed by atoms with Crippen molar-refractivity contribution in [2.75, 3.05) is 4.90 Å².